The van der Waals surface area contributed by atoms with Crippen LogP contribution in [0.25, 0.3) is 0 Å². The third-order valence-corrected chi connectivity index (χ3v) is 3.92. The Hall–Kier alpha value is -0.920. The minimum atomic E-state index is -3.53. The van der Waals surface area contributed by atoms with Crippen LogP contribution in [0, 0.1) is 12.8 Å². The van der Waals surface area contributed by atoms with Crippen molar-refractivity contribution in [3.63, 3.8) is 0 Å². The zero-order chi connectivity index (χ0) is 13.8. The molecule has 0 saturated carbocycles. The van der Waals surface area contributed by atoms with Crippen molar-refractivity contribution >= 4 is 10.0 Å². The second-order valence-corrected chi connectivity index (χ2v) is 6.34. The summed E-state index contributed by atoms with van der Waals surface area (Å²) in [4.78, 5) is 0. The van der Waals surface area contributed by atoms with Crippen molar-refractivity contribution in [2.75, 3.05) is 13.1 Å². The SMILES string of the molecule is CCNCc1c(S(=O)(=O)NCC(C)C)n[nH]c1C. The molecule has 1 aromatic rings. The molecule has 0 aromatic carbocycles. The van der Waals surface area contributed by atoms with E-state index in [2.05, 4.69) is 20.2 Å². The van der Waals surface area contributed by atoms with Crippen LogP contribution in [-0.2, 0) is 16.6 Å². The molecule has 0 bridgehead atoms. The number of aromatic nitrogens is 2. The average molecular weight is 274 g/mol. The molecule has 0 saturated heterocycles. The first-order chi connectivity index (χ1) is 8.38. The lowest BCUT2D eigenvalue weighted by Gasteiger charge is -2.09. The van der Waals surface area contributed by atoms with Gasteiger partial charge in [-0.05, 0) is 19.4 Å². The van der Waals surface area contributed by atoms with Gasteiger partial charge in [-0.2, -0.15) is 5.10 Å². The van der Waals surface area contributed by atoms with Gasteiger partial charge in [-0.1, -0.05) is 20.8 Å². The summed E-state index contributed by atoms with van der Waals surface area (Å²) in [7, 11) is -3.53. The molecule has 0 aliphatic carbocycles. The summed E-state index contributed by atoms with van der Waals surface area (Å²) in [6.07, 6.45) is 0. The molecule has 0 aliphatic rings. The zero-order valence-electron chi connectivity index (χ0n) is 11.4. The minimum absolute atomic E-state index is 0.0987. The average Bonchev–Trinajstić information content (AvgIpc) is 2.66. The van der Waals surface area contributed by atoms with E-state index in [9.17, 15) is 8.42 Å². The predicted molar refractivity (Wildman–Crippen MR) is 70.7 cm³/mol. The number of nitrogens with zero attached hydrogens (tertiary/aromatic N) is 1. The third kappa shape index (κ3) is 3.79. The molecular weight excluding hydrogens is 252 g/mol. The molecule has 7 heteroatoms. The van der Waals surface area contributed by atoms with E-state index in [1.165, 1.54) is 0 Å². The topological polar surface area (TPSA) is 86.9 Å². The normalized spacial score (nSPS) is 12.3. The van der Waals surface area contributed by atoms with E-state index >= 15 is 0 Å². The van der Waals surface area contributed by atoms with Crippen LogP contribution in [-0.4, -0.2) is 31.7 Å². The van der Waals surface area contributed by atoms with Gasteiger partial charge in [0.2, 0.25) is 0 Å². The number of H-pyrrole nitrogens is 1. The maximum absolute atomic E-state index is 12.1. The molecule has 1 heterocycles. The first-order valence-electron chi connectivity index (χ1n) is 6.12. The fourth-order valence-corrected chi connectivity index (χ4v) is 2.86. The van der Waals surface area contributed by atoms with Crippen LogP contribution < -0.4 is 10.0 Å². The summed E-state index contributed by atoms with van der Waals surface area (Å²) in [5.74, 6) is 0.261. The highest BCUT2D eigenvalue weighted by atomic mass is 32.2. The molecular formula is C11H22N4O2S. The van der Waals surface area contributed by atoms with Crippen LogP contribution in [0.3, 0.4) is 0 Å². The lowest BCUT2D eigenvalue weighted by molar-refractivity contribution is 0.554. The van der Waals surface area contributed by atoms with Gasteiger partial charge < -0.3 is 5.32 Å². The van der Waals surface area contributed by atoms with E-state index in [4.69, 9.17) is 0 Å². The molecule has 0 radical (unpaired) electrons. The number of hydrogen-bond donors (Lipinski definition) is 3. The van der Waals surface area contributed by atoms with Crippen molar-refractivity contribution in [2.45, 2.75) is 39.3 Å². The summed E-state index contributed by atoms with van der Waals surface area (Å²) in [5, 5.41) is 9.85. The number of hydrogen-bond acceptors (Lipinski definition) is 4. The fraction of sp³-hybridized carbons (Fsp3) is 0.727. The maximum Gasteiger partial charge on any atom is 0.260 e. The Kier molecular flexibility index (Phi) is 5.30. The lowest BCUT2D eigenvalue weighted by atomic mass is 10.2. The monoisotopic (exact) mass is 274 g/mol. The first kappa shape index (κ1) is 15.1. The summed E-state index contributed by atoms with van der Waals surface area (Å²) in [5.41, 5.74) is 1.48. The van der Waals surface area contributed by atoms with Crippen molar-refractivity contribution in [3.05, 3.63) is 11.3 Å². The smallest absolute Gasteiger partial charge is 0.260 e. The predicted octanol–water partition coefficient (Wildman–Crippen LogP) is 0.762. The standard InChI is InChI=1S/C11H22N4O2S/c1-5-12-7-10-9(4)14-15-11(10)18(16,17)13-6-8(2)3/h8,12-13H,5-7H2,1-4H3,(H,14,15). The molecule has 3 N–H and O–H groups in total. The minimum Gasteiger partial charge on any atom is -0.313 e. The molecule has 1 rings (SSSR count). The first-order valence-corrected chi connectivity index (χ1v) is 7.61. The fourth-order valence-electron chi connectivity index (χ4n) is 1.46. The molecule has 0 amide bonds. The second kappa shape index (κ2) is 6.31. The van der Waals surface area contributed by atoms with Gasteiger partial charge in [-0.25, -0.2) is 13.1 Å². The molecule has 0 aliphatic heterocycles. The summed E-state index contributed by atoms with van der Waals surface area (Å²) in [6.45, 7) is 9.40. The van der Waals surface area contributed by atoms with Gasteiger partial charge in [0, 0.05) is 24.3 Å². The largest absolute Gasteiger partial charge is 0.313 e. The Morgan fingerprint density at radius 2 is 2.06 bits per heavy atom. The molecule has 1 aromatic heterocycles. The van der Waals surface area contributed by atoms with Gasteiger partial charge in [0.25, 0.3) is 10.0 Å². The van der Waals surface area contributed by atoms with Crippen molar-refractivity contribution < 1.29 is 8.42 Å². The van der Waals surface area contributed by atoms with E-state index in [1.807, 2.05) is 27.7 Å². The number of sulfonamides is 1. The highest BCUT2D eigenvalue weighted by Gasteiger charge is 2.23. The maximum atomic E-state index is 12.1. The Balaban J connectivity index is 2.94. The van der Waals surface area contributed by atoms with Crippen LogP contribution in [0.4, 0.5) is 0 Å². The number of aromatic amines is 1. The van der Waals surface area contributed by atoms with Crippen LogP contribution in [0.5, 0.6) is 0 Å². The van der Waals surface area contributed by atoms with Gasteiger partial charge in [0.1, 0.15) is 0 Å². The van der Waals surface area contributed by atoms with E-state index < -0.39 is 10.0 Å². The Morgan fingerprint density at radius 3 is 2.61 bits per heavy atom. The highest BCUT2D eigenvalue weighted by Crippen LogP contribution is 2.15. The van der Waals surface area contributed by atoms with Crippen molar-refractivity contribution in [1.82, 2.24) is 20.2 Å². The number of rotatable bonds is 7. The summed E-state index contributed by atoms with van der Waals surface area (Å²) >= 11 is 0. The van der Waals surface area contributed by atoms with E-state index in [-0.39, 0.29) is 10.9 Å². The van der Waals surface area contributed by atoms with E-state index in [0.29, 0.717) is 18.7 Å². The quantitative estimate of drug-likeness (QED) is 0.685. The van der Waals surface area contributed by atoms with E-state index in [1.54, 1.807) is 0 Å². The lowest BCUT2D eigenvalue weighted by Crippen LogP contribution is -2.29. The Morgan fingerprint density at radius 1 is 1.39 bits per heavy atom. The number of nitrogens with one attached hydrogen (secondary N) is 3. The Bertz CT molecular complexity index is 479. The summed E-state index contributed by atoms with van der Waals surface area (Å²) in [6, 6.07) is 0. The van der Waals surface area contributed by atoms with Crippen molar-refractivity contribution in [1.29, 1.82) is 0 Å². The molecule has 0 atom stereocenters. The van der Waals surface area contributed by atoms with Gasteiger partial charge in [0.15, 0.2) is 5.03 Å². The highest BCUT2D eigenvalue weighted by molar-refractivity contribution is 7.89. The molecule has 104 valence electrons. The van der Waals surface area contributed by atoms with Gasteiger partial charge in [-0.3, -0.25) is 5.10 Å². The van der Waals surface area contributed by atoms with Crippen LogP contribution in [0.15, 0.2) is 5.03 Å². The van der Waals surface area contributed by atoms with E-state index in [0.717, 1.165) is 12.2 Å². The molecule has 0 unspecified atom stereocenters. The van der Waals surface area contributed by atoms with Crippen molar-refractivity contribution in [3.8, 4) is 0 Å². The van der Waals surface area contributed by atoms with Crippen LogP contribution >= 0.6 is 0 Å². The van der Waals surface area contributed by atoms with Gasteiger partial charge >= 0.3 is 0 Å². The van der Waals surface area contributed by atoms with Gasteiger partial charge in [0.05, 0.1) is 0 Å². The second-order valence-electron chi connectivity index (χ2n) is 4.66. The van der Waals surface area contributed by atoms with Gasteiger partial charge in [-0.15, -0.1) is 0 Å². The zero-order valence-corrected chi connectivity index (χ0v) is 12.2. The van der Waals surface area contributed by atoms with Crippen LogP contribution in [0.1, 0.15) is 32.0 Å². The Labute approximate surface area is 109 Å². The third-order valence-electron chi connectivity index (χ3n) is 2.52. The summed E-state index contributed by atoms with van der Waals surface area (Å²) < 4.78 is 26.8. The van der Waals surface area contributed by atoms with Crippen molar-refractivity contribution in [2.24, 2.45) is 5.92 Å². The molecule has 0 fully saturated rings. The molecule has 6 nitrogen and oxygen atoms in total. The number of aryl methyl sites for hydroxylation is 1. The van der Waals surface area contributed by atoms with Crippen LogP contribution in [0.2, 0.25) is 0 Å². The molecule has 0 spiro atoms. The molecule has 18 heavy (non-hydrogen) atoms.